The van der Waals surface area contributed by atoms with Crippen LogP contribution in [0.15, 0.2) is 0 Å². The summed E-state index contributed by atoms with van der Waals surface area (Å²) in [6, 6.07) is 0.506. The summed E-state index contributed by atoms with van der Waals surface area (Å²) in [4.78, 5) is 18.5. The van der Waals surface area contributed by atoms with E-state index in [-0.39, 0.29) is 11.6 Å². The summed E-state index contributed by atoms with van der Waals surface area (Å²) in [5.74, 6) is 0.635. The molecule has 2 saturated heterocycles. The smallest absolute Gasteiger partial charge is 0.320 e. The Hall–Kier alpha value is -0.810. The first-order valence-electron chi connectivity index (χ1n) is 7.27. The van der Waals surface area contributed by atoms with Gasteiger partial charge >= 0.3 is 6.03 Å². The van der Waals surface area contributed by atoms with E-state index in [0.717, 1.165) is 19.6 Å². The van der Waals surface area contributed by atoms with Crippen LogP contribution in [0.2, 0.25) is 0 Å². The Labute approximate surface area is 116 Å². The summed E-state index contributed by atoms with van der Waals surface area (Å²) in [6.07, 6.45) is 2.39. The van der Waals surface area contributed by atoms with Crippen LogP contribution in [0.3, 0.4) is 0 Å². The van der Waals surface area contributed by atoms with Crippen LogP contribution < -0.4 is 5.73 Å². The van der Waals surface area contributed by atoms with Crippen LogP contribution in [0.25, 0.3) is 0 Å². The quantitative estimate of drug-likeness (QED) is 0.824. The largest absolute Gasteiger partial charge is 0.324 e. The van der Waals surface area contributed by atoms with E-state index in [2.05, 4.69) is 11.9 Å². The minimum atomic E-state index is -0.321. The van der Waals surface area contributed by atoms with Crippen LogP contribution in [0.4, 0.5) is 4.79 Å². The van der Waals surface area contributed by atoms with Crippen molar-refractivity contribution in [1.82, 2.24) is 14.7 Å². The molecule has 2 fully saturated rings. The van der Waals surface area contributed by atoms with Crippen LogP contribution in [0, 0.1) is 5.92 Å². The molecule has 1 unspecified atom stereocenters. The summed E-state index contributed by atoms with van der Waals surface area (Å²) in [5, 5.41) is 0. The second-order valence-electron chi connectivity index (χ2n) is 6.97. The van der Waals surface area contributed by atoms with Gasteiger partial charge in [-0.1, -0.05) is 0 Å². The fourth-order valence-corrected chi connectivity index (χ4v) is 3.29. The highest BCUT2D eigenvalue weighted by Crippen LogP contribution is 2.28. The standard InChI is InChI=1S/C14H28N4O/c1-14(2,15)10-18-9-12(17(4)13(18)19)11-5-7-16(3)8-6-11/h11-12H,5-10,15H2,1-4H3. The van der Waals surface area contributed by atoms with Crippen molar-refractivity contribution >= 4 is 6.03 Å². The lowest BCUT2D eigenvalue weighted by atomic mass is 9.89. The number of hydrogen-bond donors (Lipinski definition) is 1. The number of hydrogen-bond acceptors (Lipinski definition) is 3. The molecule has 0 aromatic rings. The number of carbonyl (C=O) groups excluding carboxylic acids is 1. The van der Waals surface area contributed by atoms with Crippen molar-refractivity contribution in [3.8, 4) is 0 Å². The van der Waals surface area contributed by atoms with Crippen molar-refractivity contribution in [1.29, 1.82) is 0 Å². The van der Waals surface area contributed by atoms with Gasteiger partial charge in [-0.15, -0.1) is 0 Å². The summed E-state index contributed by atoms with van der Waals surface area (Å²) < 4.78 is 0. The molecule has 0 saturated carbocycles. The fraction of sp³-hybridized carbons (Fsp3) is 0.929. The van der Waals surface area contributed by atoms with E-state index in [1.165, 1.54) is 12.8 Å². The number of carbonyl (C=O) groups is 1. The maximum absolute atomic E-state index is 12.3. The second kappa shape index (κ2) is 5.29. The first-order chi connectivity index (χ1) is 8.78. The van der Waals surface area contributed by atoms with E-state index < -0.39 is 0 Å². The normalized spacial score (nSPS) is 27.4. The topological polar surface area (TPSA) is 52.8 Å². The molecule has 1 atom stereocenters. The minimum Gasteiger partial charge on any atom is -0.324 e. The van der Waals surface area contributed by atoms with Gasteiger partial charge in [0.1, 0.15) is 0 Å². The van der Waals surface area contributed by atoms with E-state index in [1.54, 1.807) is 0 Å². The minimum absolute atomic E-state index is 0.141. The van der Waals surface area contributed by atoms with Gasteiger partial charge in [-0.3, -0.25) is 0 Å². The molecule has 0 aromatic heterocycles. The van der Waals surface area contributed by atoms with Gasteiger partial charge in [-0.25, -0.2) is 4.79 Å². The van der Waals surface area contributed by atoms with Crippen molar-refractivity contribution in [2.24, 2.45) is 11.7 Å². The number of nitrogens with two attached hydrogens (primary N) is 1. The van der Waals surface area contributed by atoms with Crippen molar-refractivity contribution in [3.63, 3.8) is 0 Å². The molecule has 2 aliphatic heterocycles. The predicted molar refractivity (Wildman–Crippen MR) is 77.0 cm³/mol. The van der Waals surface area contributed by atoms with Crippen LogP contribution in [-0.4, -0.2) is 72.6 Å². The molecule has 0 aromatic carbocycles. The number of urea groups is 1. The zero-order valence-corrected chi connectivity index (χ0v) is 12.7. The van der Waals surface area contributed by atoms with E-state index in [4.69, 9.17) is 5.73 Å². The van der Waals surface area contributed by atoms with Crippen molar-refractivity contribution < 1.29 is 4.79 Å². The first-order valence-corrected chi connectivity index (χ1v) is 7.27. The van der Waals surface area contributed by atoms with Crippen LogP contribution in [0.5, 0.6) is 0 Å². The number of likely N-dealkylation sites (tertiary alicyclic amines) is 1. The molecular weight excluding hydrogens is 240 g/mol. The molecule has 5 nitrogen and oxygen atoms in total. The van der Waals surface area contributed by atoms with Gasteiger partial charge in [0.2, 0.25) is 0 Å². The molecule has 2 N–H and O–H groups in total. The lowest BCUT2D eigenvalue weighted by Gasteiger charge is -2.34. The van der Waals surface area contributed by atoms with Crippen molar-refractivity contribution in [3.05, 3.63) is 0 Å². The van der Waals surface area contributed by atoms with Crippen molar-refractivity contribution in [2.75, 3.05) is 40.3 Å². The maximum Gasteiger partial charge on any atom is 0.320 e. The summed E-state index contributed by atoms with van der Waals surface area (Å²) in [6.45, 7) is 7.72. The SMILES string of the molecule is CN1CCC(C2CN(CC(C)(C)N)C(=O)N2C)CC1. The molecule has 110 valence electrons. The molecule has 0 radical (unpaired) electrons. The molecule has 0 aliphatic carbocycles. The van der Waals surface area contributed by atoms with E-state index in [9.17, 15) is 4.79 Å². The Morgan fingerprint density at radius 3 is 2.37 bits per heavy atom. The van der Waals surface area contributed by atoms with Gasteiger partial charge in [0.15, 0.2) is 0 Å². The number of likely N-dealkylation sites (N-methyl/N-ethyl adjacent to an activating group) is 1. The first kappa shape index (κ1) is 14.6. The van der Waals surface area contributed by atoms with Gasteiger partial charge in [0.25, 0.3) is 0 Å². The van der Waals surface area contributed by atoms with Crippen LogP contribution in [-0.2, 0) is 0 Å². The molecule has 2 heterocycles. The number of amides is 2. The molecule has 0 bridgehead atoms. The highest BCUT2D eigenvalue weighted by molar-refractivity contribution is 5.77. The van der Waals surface area contributed by atoms with Crippen LogP contribution >= 0.6 is 0 Å². The van der Waals surface area contributed by atoms with Crippen LogP contribution in [0.1, 0.15) is 26.7 Å². The zero-order valence-electron chi connectivity index (χ0n) is 12.7. The molecular formula is C14H28N4O. The molecule has 2 rings (SSSR count). The lowest BCUT2D eigenvalue weighted by Crippen LogP contribution is -2.46. The maximum atomic E-state index is 12.3. The van der Waals surface area contributed by atoms with Crippen molar-refractivity contribution in [2.45, 2.75) is 38.3 Å². The summed E-state index contributed by atoms with van der Waals surface area (Å²) in [5.41, 5.74) is 5.72. The predicted octanol–water partition coefficient (Wildman–Crippen LogP) is 0.802. The third-order valence-electron chi connectivity index (χ3n) is 4.38. The molecule has 0 spiro atoms. The molecule has 19 heavy (non-hydrogen) atoms. The Morgan fingerprint density at radius 1 is 1.26 bits per heavy atom. The zero-order chi connectivity index (χ0) is 14.2. The van der Waals surface area contributed by atoms with E-state index in [1.807, 2.05) is 30.7 Å². The fourth-order valence-electron chi connectivity index (χ4n) is 3.29. The average Bonchev–Trinajstić information content (AvgIpc) is 2.57. The Kier molecular flexibility index (Phi) is 4.06. The van der Waals surface area contributed by atoms with Gasteiger partial charge < -0.3 is 20.4 Å². The molecule has 2 amide bonds. The second-order valence-corrected chi connectivity index (χ2v) is 6.97. The van der Waals surface area contributed by atoms with Gasteiger partial charge in [-0.2, -0.15) is 0 Å². The highest BCUT2D eigenvalue weighted by atomic mass is 16.2. The highest BCUT2D eigenvalue weighted by Gasteiger charge is 2.40. The van der Waals surface area contributed by atoms with Gasteiger partial charge in [0.05, 0.1) is 6.04 Å². The monoisotopic (exact) mass is 268 g/mol. The lowest BCUT2D eigenvalue weighted by molar-refractivity contribution is 0.150. The average molecular weight is 268 g/mol. The Bertz CT molecular complexity index is 331. The molecule has 5 heteroatoms. The third-order valence-corrected chi connectivity index (χ3v) is 4.38. The van der Waals surface area contributed by atoms with E-state index in [0.29, 0.717) is 18.5 Å². The van der Waals surface area contributed by atoms with E-state index >= 15 is 0 Å². The molecule has 2 aliphatic rings. The van der Waals surface area contributed by atoms with Gasteiger partial charge in [-0.05, 0) is 52.7 Å². The number of rotatable bonds is 3. The summed E-state index contributed by atoms with van der Waals surface area (Å²) in [7, 11) is 4.11. The van der Waals surface area contributed by atoms with Gasteiger partial charge in [0, 0.05) is 25.7 Å². The number of nitrogens with zero attached hydrogens (tertiary/aromatic N) is 3. The third kappa shape index (κ3) is 3.39. The number of piperidine rings is 1. The Balaban J connectivity index is 1.98. The summed E-state index contributed by atoms with van der Waals surface area (Å²) >= 11 is 0. The Morgan fingerprint density at radius 2 is 1.84 bits per heavy atom.